The van der Waals surface area contributed by atoms with Gasteiger partial charge in [0, 0.05) is 0 Å². The lowest BCUT2D eigenvalue weighted by Gasteiger charge is -2.07. The number of nitrogens with two attached hydrogens (primary N) is 1. The van der Waals surface area contributed by atoms with Crippen molar-refractivity contribution >= 4 is 0 Å². The van der Waals surface area contributed by atoms with Crippen LogP contribution in [0.3, 0.4) is 0 Å². The van der Waals surface area contributed by atoms with Crippen molar-refractivity contribution in [3.63, 3.8) is 0 Å². The minimum absolute atomic E-state index is 0.262. The molecule has 0 aliphatic rings. The average Bonchev–Trinajstić information content (AvgIpc) is 2.71. The second-order valence-corrected chi connectivity index (χ2v) is 3.15. The van der Waals surface area contributed by atoms with Gasteiger partial charge in [-0.1, -0.05) is 0 Å². The van der Waals surface area contributed by atoms with E-state index in [0.717, 1.165) is 11.3 Å². The summed E-state index contributed by atoms with van der Waals surface area (Å²) in [5.41, 5.74) is 7.12. The van der Waals surface area contributed by atoms with Crippen LogP contribution in [0, 0.1) is 5.82 Å². The lowest BCUT2D eigenvalue weighted by atomic mass is 10.1. The molecular weight excluding hydrogens is 195 g/mol. The van der Waals surface area contributed by atoms with Gasteiger partial charge in [0.1, 0.15) is 18.5 Å². The zero-order chi connectivity index (χ0) is 10.7. The van der Waals surface area contributed by atoms with Crippen LogP contribution in [0.15, 0.2) is 30.9 Å². The molecule has 0 aliphatic carbocycles. The Bertz CT molecular complexity index is 439. The highest BCUT2D eigenvalue weighted by Crippen LogP contribution is 2.15. The maximum absolute atomic E-state index is 13.0. The Hall–Kier alpha value is -1.75. The van der Waals surface area contributed by atoms with Gasteiger partial charge in [0.05, 0.1) is 5.69 Å². The predicted molar refractivity (Wildman–Crippen MR) is 54.1 cm³/mol. The molecule has 0 saturated carbocycles. The summed E-state index contributed by atoms with van der Waals surface area (Å²) in [6.45, 7) is 0.477. The maximum Gasteiger partial charge on any atom is 0.138 e. The van der Waals surface area contributed by atoms with Gasteiger partial charge in [0.25, 0.3) is 0 Å². The van der Waals surface area contributed by atoms with E-state index in [0.29, 0.717) is 13.0 Å². The highest BCUT2D eigenvalue weighted by molar-refractivity contribution is 5.40. The first-order valence-corrected chi connectivity index (χ1v) is 4.65. The molecule has 0 unspecified atom stereocenters. The summed E-state index contributed by atoms with van der Waals surface area (Å²) >= 11 is 0. The summed E-state index contributed by atoms with van der Waals surface area (Å²) in [5.74, 6) is -0.262. The van der Waals surface area contributed by atoms with Gasteiger partial charge in [-0.15, -0.1) is 0 Å². The van der Waals surface area contributed by atoms with Crippen molar-refractivity contribution in [1.82, 2.24) is 14.8 Å². The molecule has 2 N–H and O–H groups in total. The largest absolute Gasteiger partial charge is 0.330 e. The molecule has 0 amide bonds. The molecule has 5 heteroatoms. The molecule has 0 saturated heterocycles. The van der Waals surface area contributed by atoms with Gasteiger partial charge in [0.15, 0.2) is 0 Å². The second-order valence-electron chi connectivity index (χ2n) is 3.15. The first-order valence-electron chi connectivity index (χ1n) is 4.65. The molecule has 0 radical (unpaired) electrons. The van der Waals surface area contributed by atoms with Gasteiger partial charge in [-0.3, -0.25) is 0 Å². The standard InChI is InChI=1S/C10H11FN4/c11-9-1-2-10(8(5-9)3-4-12)15-7-13-6-14-15/h1-2,5-7H,3-4,12H2. The van der Waals surface area contributed by atoms with E-state index in [-0.39, 0.29) is 5.82 Å². The van der Waals surface area contributed by atoms with Crippen LogP contribution in [0.25, 0.3) is 5.69 Å². The average molecular weight is 206 g/mol. The first-order chi connectivity index (χ1) is 7.31. The van der Waals surface area contributed by atoms with E-state index in [2.05, 4.69) is 10.1 Å². The minimum Gasteiger partial charge on any atom is -0.330 e. The van der Waals surface area contributed by atoms with Crippen LogP contribution in [-0.2, 0) is 6.42 Å². The molecule has 2 aromatic rings. The number of hydrogen-bond donors (Lipinski definition) is 1. The fourth-order valence-corrected chi connectivity index (χ4v) is 1.47. The molecular formula is C10H11FN4. The molecule has 0 bridgehead atoms. The van der Waals surface area contributed by atoms with Gasteiger partial charge in [-0.05, 0) is 36.7 Å². The summed E-state index contributed by atoms with van der Waals surface area (Å²) in [5, 5.41) is 4.00. The van der Waals surface area contributed by atoms with Crippen LogP contribution in [-0.4, -0.2) is 21.3 Å². The van der Waals surface area contributed by atoms with Crippen molar-refractivity contribution < 1.29 is 4.39 Å². The highest BCUT2D eigenvalue weighted by atomic mass is 19.1. The Morgan fingerprint density at radius 3 is 2.93 bits per heavy atom. The van der Waals surface area contributed by atoms with E-state index in [1.807, 2.05) is 0 Å². The molecule has 0 atom stereocenters. The Morgan fingerprint density at radius 1 is 1.40 bits per heavy atom. The third kappa shape index (κ3) is 2.02. The molecule has 2 rings (SSSR count). The molecule has 0 aliphatic heterocycles. The summed E-state index contributed by atoms with van der Waals surface area (Å²) in [6, 6.07) is 4.55. The first kappa shape index (κ1) is 9.79. The third-order valence-electron chi connectivity index (χ3n) is 2.12. The number of hydrogen-bond acceptors (Lipinski definition) is 3. The van der Waals surface area contributed by atoms with Crippen molar-refractivity contribution in [2.75, 3.05) is 6.54 Å². The van der Waals surface area contributed by atoms with Crippen LogP contribution in [0.2, 0.25) is 0 Å². The van der Waals surface area contributed by atoms with E-state index in [9.17, 15) is 4.39 Å². The summed E-state index contributed by atoms with van der Waals surface area (Å²) < 4.78 is 14.6. The molecule has 1 aromatic carbocycles. The quantitative estimate of drug-likeness (QED) is 0.812. The Kier molecular flexibility index (Phi) is 2.73. The lowest BCUT2D eigenvalue weighted by molar-refractivity contribution is 0.624. The summed E-state index contributed by atoms with van der Waals surface area (Å²) in [6.07, 6.45) is 3.63. The molecule has 15 heavy (non-hydrogen) atoms. The monoisotopic (exact) mass is 206 g/mol. The van der Waals surface area contributed by atoms with Gasteiger partial charge in [-0.2, -0.15) is 5.10 Å². The fraction of sp³-hybridized carbons (Fsp3) is 0.200. The number of rotatable bonds is 3. The molecule has 1 heterocycles. The second kappa shape index (κ2) is 4.18. The summed E-state index contributed by atoms with van der Waals surface area (Å²) in [7, 11) is 0. The van der Waals surface area contributed by atoms with Crippen LogP contribution >= 0.6 is 0 Å². The number of nitrogens with zero attached hydrogens (tertiary/aromatic N) is 3. The van der Waals surface area contributed by atoms with E-state index < -0.39 is 0 Å². The zero-order valence-electron chi connectivity index (χ0n) is 8.10. The van der Waals surface area contributed by atoms with E-state index in [1.165, 1.54) is 18.5 Å². The maximum atomic E-state index is 13.0. The van der Waals surface area contributed by atoms with Gasteiger partial charge >= 0.3 is 0 Å². The van der Waals surface area contributed by atoms with Crippen molar-refractivity contribution in [3.05, 3.63) is 42.2 Å². The topological polar surface area (TPSA) is 56.7 Å². The Balaban J connectivity index is 2.46. The fourth-order valence-electron chi connectivity index (χ4n) is 1.47. The van der Waals surface area contributed by atoms with Crippen LogP contribution in [0.5, 0.6) is 0 Å². The molecule has 78 valence electrons. The summed E-state index contributed by atoms with van der Waals surface area (Å²) in [4.78, 5) is 3.85. The van der Waals surface area contributed by atoms with E-state index in [1.54, 1.807) is 17.1 Å². The minimum atomic E-state index is -0.262. The highest BCUT2D eigenvalue weighted by Gasteiger charge is 2.05. The van der Waals surface area contributed by atoms with E-state index >= 15 is 0 Å². The van der Waals surface area contributed by atoms with Crippen molar-refractivity contribution in [2.24, 2.45) is 5.73 Å². The van der Waals surface area contributed by atoms with Crippen LogP contribution < -0.4 is 5.73 Å². The number of halogens is 1. The number of benzene rings is 1. The molecule has 0 fully saturated rings. The predicted octanol–water partition coefficient (Wildman–Crippen LogP) is 0.908. The molecule has 4 nitrogen and oxygen atoms in total. The van der Waals surface area contributed by atoms with Gasteiger partial charge in [0.2, 0.25) is 0 Å². The Morgan fingerprint density at radius 2 is 2.27 bits per heavy atom. The normalized spacial score (nSPS) is 10.5. The van der Waals surface area contributed by atoms with Crippen molar-refractivity contribution in [1.29, 1.82) is 0 Å². The van der Waals surface area contributed by atoms with Crippen molar-refractivity contribution in [2.45, 2.75) is 6.42 Å². The van der Waals surface area contributed by atoms with Crippen molar-refractivity contribution in [3.8, 4) is 5.69 Å². The van der Waals surface area contributed by atoms with Gasteiger partial charge < -0.3 is 5.73 Å². The zero-order valence-corrected chi connectivity index (χ0v) is 8.10. The molecule has 1 aromatic heterocycles. The third-order valence-corrected chi connectivity index (χ3v) is 2.12. The lowest BCUT2D eigenvalue weighted by Crippen LogP contribution is -2.07. The van der Waals surface area contributed by atoms with Crippen LogP contribution in [0.1, 0.15) is 5.56 Å². The van der Waals surface area contributed by atoms with Gasteiger partial charge in [-0.25, -0.2) is 14.1 Å². The number of aromatic nitrogens is 3. The SMILES string of the molecule is NCCc1cc(F)ccc1-n1cncn1. The van der Waals surface area contributed by atoms with Crippen LogP contribution in [0.4, 0.5) is 4.39 Å². The Labute approximate surface area is 86.6 Å². The molecule has 0 spiro atoms. The van der Waals surface area contributed by atoms with E-state index in [4.69, 9.17) is 5.73 Å². The smallest absolute Gasteiger partial charge is 0.138 e.